The van der Waals surface area contributed by atoms with Crippen LogP contribution in [0.3, 0.4) is 0 Å². The van der Waals surface area contributed by atoms with Gasteiger partial charge in [-0.05, 0) is 22.0 Å². The Morgan fingerprint density at radius 3 is 2.62 bits per heavy atom. The second-order valence-electron chi connectivity index (χ2n) is 8.43. The van der Waals surface area contributed by atoms with E-state index in [4.69, 9.17) is 9.26 Å². The Bertz CT molecular complexity index is 796. The van der Waals surface area contributed by atoms with Gasteiger partial charge in [0, 0.05) is 26.2 Å². The van der Waals surface area contributed by atoms with Crippen LogP contribution >= 0.6 is 15.9 Å². The lowest BCUT2D eigenvalue weighted by Crippen LogP contribution is -2.22. The third-order valence-corrected chi connectivity index (χ3v) is 5.99. The first kappa shape index (κ1) is 20.7. The van der Waals surface area contributed by atoms with Gasteiger partial charge in [-0.25, -0.2) is 4.68 Å². The number of hydrogen-bond donors (Lipinski definition) is 1. The monoisotopic (exact) mass is 439 g/mol. The third-order valence-electron chi connectivity index (χ3n) is 3.73. The SMILES string of the molecule is CC(C)(C)c1cc(Nc2c(C#N)c(Br)nn2COCC[Si](C)(C)C)no1. The van der Waals surface area contributed by atoms with Crippen molar-refractivity contribution in [2.45, 2.75) is 58.6 Å². The van der Waals surface area contributed by atoms with E-state index in [-0.39, 0.29) is 12.1 Å². The predicted octanol–water partition coefficient (Wildman–Crippen LogP) is 4.86. The second-order valence-corrected chi connectivity index (χ2v) is 14.8. The van der Waals surface area contributed by atoms with E-state index in [0.717, 1.165) is 11.8 Å². The minimum atomic E-state index is -1.15. The Morgan fingerprint density at radius 1 is 1.38 bits per heavy atom. The zero-order valence-corrected chi connectivity index (χ0v) is 18.8. The highest BCUT2D eigenvalue weighted by atomic mass is 79.9. The molecule has 0 atom stereocenters. The van der Waals surface area contributed by atoms with E-state index in [9.17, 15) is 5.26 Å². The van der Waals surface area contributed by atoms with Gasteiger partial charge in [0.1, 0.15) is 28.7 Å². The van der Waals surface area contributed by atoms with Crippen LogP contribution in [0.1, 0.15) is 32.1 Å². The predicted molar refractivity (Wildman–Crippen MR) is 107 cm³/mol. The number of ether oxygens (including phenoxy) is 1. The normalized spacial score (nSPS) is 12.2. The average molecular weight is 440 g/mol. The lowest BCUT2D eigenvalue weighted by atomic mass is 9.93. The van der Waals surface area contributed by atoms with Crippen LogP contribution in [0.15, 0.2) is 15.2 Å². The molecule has 2 heterocycles. The van der Waals surface area contributed by atoms with Gasteiger partial charge in [0.25, 0.3) is 0 Å². The molecule has 0 aliphatic carbocycles. The lowest BCUT2D eigenvalue weighted by Gasteiger charge is -2.16. The van der Waals surface area contributed by atoms with Gasteiger partial charge in [-0.2, -0.15) is 10.4 Å². The van der Waals surface area contributed by atoms with Gasteiger partial charge in [0.15, 0.2) is 11.6 Å². The van der Waals surface area contributed by atoms with Gasteiger partial charge in [0.05, 0.1) is 0 Å². The summed E-state index contributed by atoms with van der Waals surface area (Å²) < 4.78 is 13.3. The Balaban J connectivity index is 2.16. The van der Waals surface area contributed by atoms with E-state index in [1.54, 1.807) is 4.68 Å². The first-order valence-corrected chi connectivity index (χ1v) is 13.0. The first-order chi connectivity index (χ1) is 12.0. The van der Waals surface area contributed by atoms with Crippen molar-refractivity contribution in [2.24, 2.45) is 0 Å². The van der Waals surface area contributed by atoms with Crippen molar-refractivity contribution >= 4 is 35.6 Å². The molecule has 0 unspecified atom stereocenters. The molecule has 7 nitrogen and oxygen atoms in total. The van der Waals surface area contributed by atoms with Crippen molar-refractivity contribution < 1.29 is 9.26 Å². The van der Waals surface area contributed by atoms with Crippen molar-refractivity contribution in [3.05, 3.63) is 22.0 Å². The standard InChI is InChI=1S/C17H26BrN5O2Si/c1-17(2,3)13-9-14(22-25-13)20-16-12(10-19)15(18)21-23(16)11-24-7-8-26(4,5)6/h9H,7-8,11H2,1-6H3,(H,20,22). The molecule has 0 bridgehead atoms. The molecule has 26 heavy (non-hydrogen) atoms. The van der Waals surface area contributed by atoms with Crippen molar-refractivity contribution in [1.29, 1.82) is 5.26 Å². The third kappa shape index (κ3) is 5.43. The Labute approximate surface area is 163 Å². The van der Waals surface area contributed by atoms with E-state index in [0.29, 0.717) is 28.4 Å². The highest BCUT2D eigenvalue weighted by Crippen LogP contribution is 2.29. The molecule has 0 aromatic carbocycles. The molecule has 1 N–H and O–H groups in total. The maximum atomic E-state index is 9.45. The zero-order chi connectivity index (χ0) is 19.5. The van der Waals surface area contributed by atoms with Gasteiger partial charge >= 0.3 is 0 Å². The molecule has 0 amide bonds. The summed E-state index contributed by atoms with van der Waals surface area (Å²) in [5.41, 5.74) is 0.255. The molecular weight excluding hydrogens is 414 g/mol. The number of hydrogen-bond acceptors (Lipinski definition) is 6. The number of aromatic nitrogens is 3. The van der Waals surface area contributed by atoms with Crippen LogP contribution < -0.4 is 5.32 Å². The van der Waals surface area contributed by atoms with Gasteiger partial charge in [0.2, 0.25) is 0 Å². The number of nitriles is 1. The molecule has 0 aliphatic heterocycles. The maximum Gasteiger partial charge on any atom is 0.175 e. The molecule has 0 saturated heterocycles. The Morgan fingerprint density at radius 2 is 2.08 bits per heavy atom. The first-order valence-electron chi connectivity index (χ1n) is 8.49. The van der Waals surface area contributed by atoms with Gasteiger partial charge < -0.3 is 14.6 Å². The smallest absolute Gasteiger partial charge is 0.175 e. The molecule has 2 aromatic rings. The van der Waals surface area contributed by atoms with E-state index in [2.05, 4.69) is 57.2 Å². The molecule has 0 radical (unpaired) electrons. The Hall–Kier alpha value is -1.63. The summed E-state index contributed by atoms with van der Waals surface area (Å²) in [6.45, 7) is 14.0. The number of halogens is 1. The molecule has 0 saturated carbocycles. The second kappa shape index (κ2) is 7.94. The fourth-order valence-corrected chi connectivity index (χ4v) is 3.32. The minimum Gasteiger partial charge on any atom is -0.359 e. The molecular formula is C17H26BrN5O2Si. The molecule has 2 aromatic heterocycles. The summed E-state index contributed by atoms with van der Waals surface area (Å²) in [6.07, 6.45) is 0. The van der Waals surface area contributed by atoms with E-state index in [1.807, 2.05) is 26.8 Å². The summed E-state index contributed by atoms with van der Waals surface area (Å²) in [6, 6.07) is 5.06. The molecule has 0 spiro atoms. The van der Waals surface area contributed by atoms with Gasteiger partial charge in [-0.15, -0.1) is 0 Å². The number of nitrogens with one attached hydrogen (secondary N) is 1. The van der Waals surface area contributed by atoms with Gasteiger partial charge in [-0.3, -0.25) is 0 Å². The maximum absolute atomic E-state index is 9.45. The van der Waals surface area contributed by atoms with Crippen molar-refractivity contribution in [3.8, 4) is 6.07 Å². The van der Waals surface area contributed by atoms with Crippen LogP contribution in [0.5, 0.6) is 0 Å². The fourth-order valence-electron chi connectivity index (χ4n) is 2.09. The minimum absolute atomic E-state index is 0.147. The van der Waals surface area contributed by atoms with Gasteiger partial charge in [-0.1, -0.05) is 45.6 Å². The Kier molecular flexibility index (Phi) is 6.32. The highest BCUT2D eigenvalue weighted by molar-refractivity contribution is 9.10. The molecule has 0 fully saturated rings. The quantitative estimate of drug-likeness (QED) is 0.489. The molecule has 9 heteroatoms. The van der Waals surface area contributed by atoms with Crippen LogP contribution in [0.25, 0.3) is 0 Å². The highest BCUT2D eigenvalue weighted by Gasteiger charge is 2.22. The van der Waals surface area contributed by atoms with E-state index < -0.39 is 8.07 Å². The topological polar surface area (TPSA) is 88.9 Å². The molecule has 2 rings (SSSR count). The van der Waals surface area contributed by atoms with Crippen molar-refractivity contribution in [1.82, 2.24) is 14.9 Å². The van der Waals surface area contributed by atoms with Crippen LogP contribution in [0, 0.1) is 11.3 Å². The lowest BCUT2D eigenvalue weighted by molar-refractivity contribution is 0.0799. The van der Waals surface area contributed by atoms with E-state index in [1.165, 1.54) is 0 Å². The summed E-state index contributed by atoms with van der Waals surface area (Å²) in [7, 11) is -1.15. The summed E-state index contributed by atoms with van der Waals surface area (Å²) in [4.78, 5) is 0. The fraction of sp³-hybridized carbons (Fsp3) is 0.588. The number of anilines is 2. The molecule has 142 valence electrons. The average Bonchev–Trinajstić information content (AvgIpc) is 3.08. The number of nitrogens with zero attached hydrogens (tertiary/aromatic N) is 4. The largest absolute Gasteiger partial charge is 0.359 e. The van der Waals surface area contributed by atoms with Crippen LogP contribution in [0.2, 0.25) is 25.7 Å². The van der Waals surface area contributed by atoms with Crippen molar-refractivity contribution in [2.75, 3.05) is 11.9 Å². The van der Waals surface area contributed by atoms with Crippen LogP contribution in [0.4, 0.5) is 11.6 Å². The number of rotatable bonds is 7. The summed E-state index contributed by atoms with van der Waals surface area (Å²) in [5, 5.41) is 21.0. The van der Waals surface area contributed by atoms with Crippen LogP contribution in [-0.2, 0) is 16.9 Å². The molecule has 0 aliphatic rings. The van der Waals surface area contributed by atoms with Crippen LogP contribution in [-0.4, -0.2) is 29.6 Å². The summed E-state index contributed by atoms with van der Waals surface area (Å²) >= 11 is 3.33. The summed E-state index contributed by atoms with van der Waals surface area (Å²) in [5.74, 6) is 1.82. The van der Waals surface area contributed by atoms with Crippen molar-refractivity contribution in [3.63, 3.8) is 0 Å². The van der Waals surface area contributed by atoms with E-state index >= 15 is 0 Å². The zero-order valence-electron chi connectivity index (χ0n) is 16.2.